The lowest BCUT2D eigenvalue weighted by atomic mass is 10.1. The number of nitrogens with one attached hydrogen (secondary N) is 1. The monoisotopic (exact) mass is 315 g/mol. The molecule has 0 saturated carbocycles. The van der Waals surface area contributed by atoms with Gasteiger partial charge in [-0.15, -0.1) is 0 Å². The normalized spacial score (nSPS) is 14.5. The van der Waals surface area contributed by atoms with E-state index in [4.69, 9.17) is 0 Å². The Morgan fingerprint density at radius 2 is 2.10 bits per heavy atom. The Hall–Kier alpha value is -1.44. The summed E-state index contributed by atoms with van der Waals surface area (Å²) in [5.41, 5.74) is -0.312. The van der Waals surface area contributed by atoms with E-state index in [2.05, 4.69) is 9.46 Å². The molecule has 118 valence electrons. The zero-order valence-corrected chi connectivity index (χ0v) is 13.2. The minimum absolute atomic E-state index is 0.0530. The highest BCUT2D eigenvalue weighted by molar-refractivity contribution is 7.88. The van der Waals surface area contributed by atoms with Crippen LogP contribution in [0.1, 0.15) is 36.2 Å². The van der Waals surface area contributed by atoms with Crippen molar-refractivity contribution in [3.63, 3.8) is 0 Å². The van der Waals surface area contributed by atoms with Crippen LogP contribution in [0.3, 0.4) is 0 Å². The molecule has 0 heterocycles. The number of hydrogen-bond acceptors (Lipinski definition) is 5. The van der Waals surface area contributed by atoms with Crippen molar-refractivity contribution in [2.24, 2.45) is 0 Å². The average Bonchev–Trinajstić information content (AvgIpc) is 2.44. The number of carbonyl (C=O) groups is 1. The molecule has 1 rings (SSSR count). The van der Waals surface area contributed by atoms with Gasteiger partial charge in [-0.25, -0.2) is 17.9 Å². The number of rotatable bonds is 7. The standard InChI is InChI=1S/C14H21NO5S/c1-4-14(2,17)10-15-21(18,19)9-11-6-5-7-12(8-11)13(16)20-3/h5-8,15,17H,4,9-10H2,1-3H3. The third kappa shape index (κ3) is 5.82. The Kier molecular flexibility index (Phi) is 5.88. The second-order valence-electron chi connectivity index (χ2n) is 5.12. The van der Waals surface area contributed by atoms with Crippen LogP contribution in [-0.4, -0.2) is 38.7 Å². The lowest BCUT2D eigenvalue weighted by Crippen LogP contribution is -2.40. The van der Waals surface area contributed by atoms with Crippen molar-refractivity contribution >= 4 is 16.0 Å². The van der Waals surface area contributed by atoms with Gasteiger partial charge in [0.2, 0.25) is 10.0 Å². The Morgan fingerprint density at radius 3 is 2.67 bits per heavy atom. The van der Waals surface area contributed by atoms with Gasteiger partial charge in [0.15, 0.2) is 0 Å². The van der Waals surface area contributed by atoms with Crippen LogP contribution in [0.25, 0.3) is 0 Å². The minimum Gasteiger partial charge on any atom is -0.465 e. The third-order valence-corrected chi connectivity index (χ3v) is 4.44. The van der Waals surface area contributed by atoms with E-state index in [-0.39, 0.29) is 12.3 Å². The maximum absolute atomic E-state index is 12.0. The average molecular weight is 315 g/mol. The lowest BCUT2D eigenvalue weighted by Gasteiger charge is -2.21. The number of carbonyl (C=O) groups excluding carboxylic acids is 1. The van der Waals surface area contributed by atoms with Gasteiger partial charge in [0.25, 0.3) is 0 Å². The summed E-state index contributed by atoms with van der Waals surface area (Å²) in [6.45, 7) is 3.28. The Balaban J connectivity index is 2.78. The topological polar surface area (TPSA) is 92.7 Å². The van der Waals surface area contributed by atoms with Gasteiger partial charge in [0.05, 0.1) is 24.0 Å². The van der Waals surface area contributed by atoms with E-state index >= 15 is 0 Å². The smallest absolute Gasteiger partial charge is 0.337 e. The fourth-order valence-corrected chi connectivity index (χ4v) is 2.82. The molecule has 2 N–H and O–H groups in total. The van der Waals surface area contributed by atoms with E-state index in [0.29, 0.717) is 17.5 Å². The fourth-order valence-electron chi connectivity index (χ4n) is 1.57. The number of hydrogen-bond donors (Lipinski definition) is 2. The molecule has 0 spiro atoms. The van der Waals surface area contributed by atoms with Crippen LogP contribution < -0.4 is 4.72 Å². The molecule has 21 heavy (non-hydrogen) atoms. The summed E-state index contributed by atoms with van der Waals surface area (Å²) in [4.78, 5) is 11.4. The summed E-state index contributed by atoms with van der Waals surface area (Å²) in [5, 5.41) is 9.81. The molecule has 1 aromatic carbocycles. The van der Waals surface area contributed by atoms with Crippen molar-refractivity contribution in [3.05, 3.63) is 35.4 Å². The van der Waals surface area contributed by atoms with Crippen LogP contribution in [0, 0.1) is 0 Å². The van der Waals surface area contributed by atoms with Crippen LogP contribution in [0.4, 0.5) is 0 Å². The number of methoxy groups -OCH3 is 1. The number of benzene rings is 1. The van der Waals surface area contributed by atoms with E-state index in [9.17, 15) is 18.3 Å². The molecular weight excluding hydrogens is 294 g/mol. The van der Waals surface area contributed by atoms with E-state index in [0.717, 1.165) is 0 Å². The van der Waals surface area contributed by atoms with Crippen LogP contribution in [-0.2, 0) is 20.5 Å². The molecule has 0 fully saturated rings. The summed E-state index contributed by atoms with van der Waals surface area (Å²) in [5.74, 6) is -0.784. The number of esters is 1. The summed E-state index contributed by atoms with van der Waals surface area (Å²) >= 11 is 0. The van der Waals surface area contributed by atoms with Gasteiger partial charge >= 0.3 is 5.97 Å². The predicted molar refractivity (Wildman–Crippen MR) is 79.3 cm³/mol. The molecule has 0 radical (unpaired) electrons. The molecule has 0 saturated heterocycles. The maximum Gasteiger partial charge on any atom is 0.337 e. The molecule has 0 aliphatic carbocycles. The van der Waals surface area contributed by atoms with Crippen LogP contribution in [0.15, 0.2) is 24.3 Å². The Labute approximate surface area is 125 Å². The van der Waals surface area contributed by atoms with Crippen molar-refractivity contribution in [1.82, 2.24) is 4.72 Å². The van der Waals surface area contributed by atoms with Crippen LogP contribution in [0.2, 0.25) is 0 Å². The quantitative estimate of drug-likeness (QED) is 0.734. The van der Waals surface area contributed by atoms with Crippen molar-refractivity contribution in [2.45, 2.75) is 31.6 Å². The summed E-state index contributed by atoms with van der Waals surface area (Å²) in [6, 6.07) is 6.24. The molecule has 0 bridgehead atoms. The summed E-state index contributed by atoms with van der Waals surface area (Å²) in [7, 11) is -2.33. The molecule has 0 amide bonds. The fraction of sp³-hybridized carbons (Fsp3) is 0.500. The van der Waals surface area contributed by atoms with E-state index < -0.39 is 21.6 Å². The lowest BCUT2D eigenvalue weighted by molar-refractivity contribution is 0.0598. The van der Waals surface area contributed by atoms with Gasteiger partial charge in [-0.1, -0.05) is 19.1 Å². The number of aliphatic hydroxyl groups is 1. The number of sulfonamides is 1. The summed E-state index contributed by atoms with van der Waals surface area (Å²) < 4.78 is 30.9. The highest BCUT2D eigenvalue weighted by atomic mass is 32.2. The van der Waals surface area contributed by atoms with Gasteiger partial charge in [-0.05, 0) is 31.0 Å². The van der Waals surface area contributed by atoms with Crippen molar-refractivity contribution in [1.29, 1.82) is 0 Å². The summed E-state index contributed by atoms with van der Waals surface area (Å²) in [6.07, 6.45) is 0.438. The SMILES string of the molecule is CCC(C)(O)CNS(=O)(=O)Cc1cccc(C(=O)OC)c1. The largest absolute Gasteiger partial charge is 0.465 e. The third-order valence-electron chi connectivity index (χ3n) is 3.14. The molecule has 0 aromatic heterocycles. The molecule has 1 unspecified atom stereocenters. The zero-order valence-electron chi connectivity index (χ0n) is 12.4. The van der Waals surface area contributed by atoms with Gasteiger partial charge in [-0.2, -0.15) is 0 Å². The van der Waals surface area contributed by atoms with Crippen molar-refractivity contribution in [3.8, 4) is 0 Å². The first kappa shape index (κ1) is 17.6. The molecule has 6 nitrogen and oxygen atoms in total. The molecular formula is C14H21NO5S. The molecule has 1 atom stereocenters. The molecule has 0 aliphatic rings. The van der Waals surface area contributed by atoms with Crippen LogP contribution >= 0.6 is 0 Å². The van der Waals surface area contributed by atoms with Crippen molar-refractivity contribution < 1.29 is 23.1 Å². The molecule has 0 aliphatic heterocycles. The van der Waals surface area contributed by atoms with E-state index in [1.807, 2.05) is 0 Å². The first-order valence-electron chi connectivity index (χ1n) is 6.56. The molecule has 7 heteroatoms. The van der Waals surface area contributed by atoms with Gasteiger partial charge in [-0.3, -0.25) is 0 Å². The first-order valence-corrected chi connectivity index (χ1v) is 8.21. The van der Waals surface area contributed by atoms with Crippen LogP contribution in [0.5, 0.6) is 0 Å². The zero-order chi connectivity index (χ0) is 16.1. The first-order chi connectivity index (χ1) is 9.69. The Bertz CT molecular complexity index is 595. The minimum atomic E-state index is -3.59. The van der Waals surface area contributed by atoms with Gasteiger partial charge in [0.1, 0.15) is 0 Å². The van der Waals surface area contributed by atoms with E-state index in [1.54, 1.807) is 32.0 Å². The number of ether oxygens (including phenoxy) is 1. The highest BCUT2D eigenvalue weighted by Crippen LogP contribution is 2.11. The highest BCUT2D eigenvalue weighted by Gasteiger charge is 2.21. The molecule has 1 aromatic rings. The second-order valence-corrected chi connectivity index (χ2v) is 6.93. The second kappa shape index (κ2) is 7.02. The Morgan fingerprint density at radius 1 is 1.43 bits per heavy atom. The van der Waals surface area contributed by atoms with Gasteiger partial charge < -0.3 is 9.84 Å². The van der Waals surface area contributed by atoms with Crippen molar-refractivity contribution in [2.75, 3.05) is 13.7 Å². The predicted octanol–water partition coefficient (Wildman–Crippen LogP) is 1.05. The van der Waals surface area contributed by atoms with E-state index in [1.165, 1.54) is 13.2 Å². The maximum atomic E-state index is 12.0. The van der Waals surface area contributed by atoms with Gasteiger partial charge in [0, 0.05) is 6.54 Å².